The molecule has 0 fully saturated rings. The highest BCUT2D eigenvalue weighted by Gasteiger charge is 2.11. The first-order valence-corrected chi connectivity index (χ1v) is 7.09. The van der Waals surface area contributed by atoms with Gasteiger partial charge in [0.25, 0.3) is 0 Å². The minimum Gasteiger partial charge on any atom is -0.494 e. The van der Waals surface area contributed by atoms with E-state index in [9.17, 15) is 4.79 Å². The third-order valence-corrected chi connectivity index (χ3v) is 3.15. The van der Waals surface area contributed by atoms with E-state index in [-0.39, 0.29) is 5.78 Å². The van der Waals surface area contributed by atoms with Crippen molar-refractivity contribution in [3.63, 3.8) is 0 Å². The van der Waals surface area contributed by atoms with E-state index < -0.39 is 0 Å². The molecule has 0 unspecified atom stereocenters. The van der Waals surface area contributed by atoms with Crippen LogP contribution in [0.5, 0.6) is 5.75 Å². The van der Waals surface area contributed by atoms with Crippen LogP contribution in [0.15, 0.2) is 42.5 Å². The molecule has 0 aliphatic carbocycles. The van der Waals surface area contributed by atoms with Crippen molar-refractivity contribution >= 4 is 29.0 Å². The topological polar surface area (TPSA) is 26.3 Å². The largest absolute Gasteiger partial charge is 0.494 e. The summed E-state index contributed by atoms with van der Waals surface area (Å²) in [6, 6.07) is 11.9. The van der Waals surface area contributed by atoms with E-state index in [1.807, 2.05) is 6.92 Å². The lowest BCUT2D eigenvalue weighted by atomic mass is 10.0. The molecule has 0 bridgehead atoms. The molecule has 0 aliphatic heterocycles. The van der Waals surface area contributed by atoms with E-state index in [2.05, 4.69) is 0 Å². The summed E-state index contributed by atoms with van der Waals surface area (Å²) in [6.45, 7) is 2.71. The Morgan fingerprint density at radius 2 is 1.60 bits per heavy atom. The van der Waals surface area contributed by atoms with Gasteiger partial charge < -0.3 is 4.74 Å². The van der Waals surface area contributed by atoms with Crippen LogP contribution < -0.4 is 4.74 Å². The maximum absolute atomic E-state index is 12.3. The first-order valence-electron chi connectivity index (χ1n) is 6.34. The number of carbonyl (C=O) groups is 1. The molecule has 2 aromatic rings. The van der Waals surface area contributed by atoms with E-state index in [1.165, 1.54) is 0 Å². The van der Waals surface area contributed by atoms with E-state index in [0.717, 1.165) is 12.2 Å². The Kier molecular flexibility index (Phi) is 5.05. The van der Waals surface area contributed by atoms with Crippen molar-refractivity contribution in [2.75, 3.05) is 6.61 Å². The van der Waals surface area contributed by atoms with Gasteiger partial charge in [-0.1, -0.05) is 30.1 Å². The number of ether oxygens (including phenoxy) is 1. The molecule has 20 heavy (non-hydrogen) atoms. The summed E-state index contributed by atoms with van der Waals surface area (Å²) >= 11 is 11.8. The highest BCUT2D eigenvalue weighted by Crippen LogP contribution is 2.22. The van der Waals surface area contributed by atoms with Crippen LogP contribution >= 0.6 is 23.2 Å². The molecule has 0 amide bonds. The van der Waals surface area contributed by atoms with Crippen LogP contribution in [0.25, 0.3) is 0 Å². The number of carbonyl (C=O) groups excluding carboxylic acids is 1. The van der Waals surface area contributed by atoms with Gasteiger partial charge in [0.1, 0.15) is 5.75 Å². The standard InChI is InChI=1S/C16H14Cl2O2/c1-2-7-20-15-5-3-11(4-6-15)16(19)12-8-13(17)10-14(18)9-12/h3-6,8-10H,2,7H2,1H3. The van der Waals surface area contributed by atoms with Crippen molar-refractivity contribution in [3.8, 4) is 5.75 Å². The van der Waals surface area contributed by atoms with Gasteiger partial charge in [0.2, 0.25) is 0 Å². The summed E-state index contributed by atoms with van der Waals surface area (Å²) in [7, 11) is 0. The fourth-order valence-electron chi connectivity index (χ4n) is 1.77. The highest BCUT2D eigenvalue weighted by molar-refractivity contribution is 6.35. The van der Waals surface area contributed by atoms with Gasteiger partial charge in [-0.25, -0.2) is 0 Å². The van der Waals surface area contributed by atoms with E-state index in [0.29, 0.717) is 27.8 Å². The summed E-state index contributed by atoms with van der Waals surface area (Å²) < 4.78 is 5.48. The van der Waals surface area contributed by atoms with Gasteiger partial charge in [-0.05, 0) is 48.9 Å². The molecule has 0 atom stereocenters. The Bertz CT molecular complexity index is 586. The van der Waals surface area contributed by atoms with Crippen molar-refractivity contribution in [1.29, 1.82) is 0 Å². The monoisotopic (exact) mass is 308 g/mol. The quantitative estimate of drug-likeness (QED) is 0.725. The van der Waals surface area contributed by atoms with Gasteiger partial charge in [0, 0.05) is 21.2 Å². The van der Waals surface area contributed by atoms with Gasteiger partial charge in [-0.15, -0.1) is 0 Å². The molecule has 0 radical (unpaired) electrons. The highest BCUT2D eigenvalue weighted by atomic mass is 35.5. The molecule has 0 aromatic heterocycles. The molecular formula is C16H14Cl2O2. The zero-order chi connectivity index (χ0) is 14.5. The molecule has 0 saturated heterocycles. The van der Waals surface area contributed by atoms with E-state index >= 15 is 0 Å². The number of hydrogen-bond donors (Lipinski definition) is 0. The molecule has 0 N–H and O–H groups in total. The van der Waals surface area contributed by atoms with Crippen LogP contribution in [0.2, 0.25) is 10.0 Å². The minimum absolute atomic E-state index is 0.114. The van der Waals surface area contributed by atoms with Crippen LogP contribution in [0.4, 0.5) is 0 Å². The summed E-state index contributed by atoms with van der Waals surface area (Å²) in [6.07, 6.45) is 0.946. The van der Waals surface area contributed by atoms with Gasteiger partial charge in [0.05, 0.1) is 6.61 Å². The summed E-state index contributed by atoms with van der Waals surface area (Å²) in [4.78, 5) is 12.3. The Hall–Kier alpha value is -1.51. The van der Waals surface area contributed by atoms with Crippen molar-refractivity contribution in [1.82, 2.24) is 0 Å². The van der Waals surface area contributed by atoms with Crippen LogP contribution in [0, 0.1) is 0 Å². The number of hydrogen-bond acceptors (Lipinski definition) is 2. The maximum atomic E-state index is 12.3. The molecule has 2 aromatic carbocycles. The Balaban J connectivity index is 2.20. The smallest absolute Gasteiger partial charge is 0.193 e. The van der Waals surface area contributed by atoms with Gasteiger partial charge in [0.15, 0.2) is 5.78 Å². The molecule has 2 rings (SSSR count). The van der Waals surface area contributed by atoms with Crippen LogP contribution in [-0.4, -0.2) is 12.4 Å². The SMILES string of the molecule is CCCOc1ccc(C(=O)c2cc(Cl)cc(Cl)c2)cc1. The molecule has 4 heteroatoms. The van der Waals surface area contributed by atoms with Crippen molar-refractivity contribution < 1.29 is 9.53 Å². The lowest BCUT2D eigenvalue weighted by molar-refractivity contribution is 0.103. The van der Waals surface area contributed by atoms with E-state index in [4.69, 9.17) is 27.9 Å². The molecule has 0 saturated carbocycles. The average molecular weight is 309 g/mol. The average Bonchev–Trinajstić information content (AvgIpc) is 2.44. The third kappa shape index (κ3) is 3.75. The van der Waals surface area contributed by atoms with Crippen LogP contribution in [0.1, 0.15) is 29.3 Å². The Morgan fingerprint density at radius 3 is 2.15 bits per heavy atom. The summed E-state index contributed by atoms with van der Waals surface area (Å²) in [5, 5.41) is 0.896. The third-order valence-electron chi connectivity index (χ3n) is 2.71. The zero-order valence-corrected chi connectivity index (χ0v) is 12.5. The fourth-order valence-corrected chi connectivity index (χ4v) is 2.30. The Labute approximate surface area is 128 Å². The first kappa shape index (κ1) is 14.9. The molecule has 0 heterocycles. The van der Waals surface area contributed by atoms with Gasteiger partial charge in [-0.3, -0.25) is 4.79 Å². The van der Waals surface area contributed by atoms with Crippen LogP contribution in [0.3, 0.4) is 0 Å². The van der Waals surface area contributed by atoms with Crippen molar-refractivity contribution in [3.05, 3.63) is 63.6 Å². The second kappa shape index (κ2) is 6.78. The minimum atomic E-state index is -0.114. The van der Waals surface area contributed by atoms with Gasteiger partial charge >= 0.3 is 0 Å². The predicted octanol–water partition coefficient (Wildman–Crippen LogP) is 5.01. The summed E-state index contributed by atoms with van der Waals surface area (Å²) in [5.41, 5.74) is 1.05. The summed E-state index contributed by atoms with van der Waals surface area (Å²) in [5.74, 6) is 0.643. The maximum Gasteiger partial charge on any atom is 0.193 e. The molecule has 0 spiro atoms. The van der Waals surface area contributed by atoms with Crippen molar-refractivity contribution in [2.24, 2.45) is 0 Å². The number of halogens is 2. The molecule has 0 aliphatic rings. The number of benzene rings is 2. The molecule has 104 valence electrons. The lowest BCUT2D eigenvalue weighted by Crippen LogP contribution is -2.02. The first-order chi connectivity index (χ1) is 9.60. The predicted molar refractivity (Wildman–Crippen MR) is 82.1 cm³/mol. The normalized spacial score (nSPS) is 10.3. The fraction of sp³-hybridized carbons (Fsp3) is 0.188. The molecular weight excluding hydrogens is 295 g/mol. The van der Waals surface area contributed by atoms with Gasteiger partial charge in [-0.2, -0.15) is 0 Å². The Morgan fingerprint density at radius 1 is 1.00 bits per heavy atom. The van der Waals surface area contributed by atoms with Crippen LogP contribution in [-0.2, 0) is 0 Å². The van der Waals surface area contributed by atoms with E-state index in [1.54, 1.807) is 42.5 Å². The van der Waals surface area contributed by atoms with Crippen molar-refractivity contribution in [2.45, 2.75) is 13.3 Å². The zero-order valence-electron chi connectivity index (χ0n) is 11.0. The number of ketones is 1. The second-order valence-corrected chi connectivity index (χ2v) is 5.23. The second-order valence-electron chi connectivity index (χ2n) is 4.36. The lowest BCUT2D eigenvalue weighted by Gasteiger charge is -2.06. The molecule has 2 nitrogen and oxygen atoms in total. The number of rotatable bonds is 5.